The van der Waals surface area contributed by atoms with Crippen molar-refractivity contribution in [2.45, 2.75) is 39.2 Å². The lowest BCUT2D eigenvalue weighted by atomic mass is 10.0. The summed E-state index contributed by atoms with van der Waals surface area (Å²) in [6, 6.07) is 17.1. The number of nitrogens with zero attached hydrogens (tertiary/aromatic N) is 2. The quantitative estimate of drug-likeness (QED) is 0.581. The Labute approximate surface area is 167 Å². The van der Waals surface area contributed by atoms with E-state index in [0.717, 1.165) is 46.9 Å². The number of rotatable bonds is 6. The lowest BCUT2D eigenvalue weighted by Gasteiger charge is -2.20. The second-order valence-electron chi connectivity index (χ2n) is 7.61. The molecule has 1 saturated heterocycles. The van der Waals surface area contributed by atoms with Crippen LogP contribution in [-0.2, 0) is 6.42 Å². The van der Waals surface area contributed by atoms with Crippen molar-refractivity contribution in [3.05, 3.63) is 60.0 Å². The van der Waals surface area contributed by atoms with Crippen LogP contribution in [-0.4, -0.2) is 36.1 Å². The number of likely N-dealkylation sites (tertiary alicyclic amines) is 1. The molecule has 1 aliphatic rings. The zero-order valence-corrected chi connectivity index (χ0v) is 16.9. The minimum atomic E-state index is 0.691. The first-order valence-electron chi connectivity index (χ1n) is 10.1. The van der Waals surface area contributed by atoms with Crippen LogP contribution in [0.25, 0.3) is 22.6 Å². The van der Waals surface area contributed by atoms with Crippen molar-refractivity contribution >= 4 is 0 Å². The van der Waals surface area contributed by atoms with Gasteiger partial charge in [-0.3, -0.25) is 0 Å². The maximum Gasteiger partial charge on any atom is 0.226 e. The summed E-state index contributed by atoms with van der Waals surface area (Å²) in [5.74, 6) is 2.50. The molecular weight excluding hydrogens is 348 g/mol. The van der Waals surface area contributed by atoms with E-state index >= 15 is 0 Å². The number of aryl methyl sites for hydroxylation is 1. The standard InChI is InChI=1S/C24H28N2O2/c1-17-6-5-14-26(17)15-13-23-18(2)28-24(25-23)20-11-9-19(10-12-20)21-7-4-8-22(16-21)27-3/h4,7-12,16-17H,5-6,13-15H2,1-3H3/t17-/m1/s1. The highest BCUT2D eigenvalue weighted by Gasteiger charge is 2.21. The molecule has 1 aromatic heterocycles. The fourth-order valence-electron chi connectivity index (χ4n) is 3.97. The Morgan fingerprint density at radius 3 is 2.61 bits per heavy atom. The summed E-state index contributed by atoms with van der Waals surface area (Å²) in [5, 5.41) is 0. The summed E-state index contributed by atoms with van der Waals surface area (Å²) in [6.45, 7) is 6.60. The third kappa shape index (κ3) is 3.97. The number of methoxy groups -OCH3 is 1. The van der Waals surface area contributed by atoms with Crippen LogP contribution in [0.3, 0.4) is 0 Å². The number of ether oxygens (including phenoxy) is 1. The van der Waals surface area contributed by atoms with Gasteiger partial charge in [0.15, 0.2) is 0 Å². The number of aromatic nitrogens is 1. The highest BCUT2D eigenvalue weighted by molar-refractivity contribution is 5.68. The molecule has 0 spiro atoms. The van der Waals surface area contributed by atoms with Gasteiger partial charge in [0.1, 0.15) is 11.5 Å². The fourth-order valence-corrected chi connectivity index (χ4v) is 3.97. The maximum absolute atomic E-state index is 5.98. The van der Waals surface area contributed by atoms with Crippen molar-refractivity contribution in [3.8, 4) is 28.3 Å². The van der Waals surface area contributed by atoms with Crippen molar-refractivity contribution in [3.63, 3.8) is 0 Å². The minimum absolute atomic E-state index is 0.691. The summed E-state index contributed by atoms with van der Waals surface area (Å²) < 4.78 is 11.3. The van der Waals surface area contributed by atoms with Crippen LogP contribution < -0.4 is 4.74 Å². The summed E-state index contributed by atoms with van der Waals surface area (Å²) in [7, 11) is 1.69. The van der Waals surface area contributed by atoms with Crippen LogP contribution in [0.1, 0.15) is 31.2 Å². The van der Waals surface area contributed by atoms with Crippen molar-refractivity contribution in [2.75, 3.05) is 20.2 Å². The smallest absolute Gasteiger partial charge is 0.226 e. The summed E-state index contributed by atoms with van der Waals surface area (Å²) in [4.78, 5) is 7.33. The number of hydrogen-bond acceptors (Lipinski definition) is 4. The van der Waals surface area contributed by atoms with Crippen LogP contribution in [0, 0.1) is 6.92 Å². The lowest BCUT2D eigenvalue weighted by Crippen LogP contribution is -2.29. The van der Waals surface area contributed by atoms with E-state index in [2.05, 4.69) is 42.2 Å². The van der Waals surface area contributed by atoms with Crippen LogP contribution in [0.4, 0.5) is 0 Å². The average molecular weight is 377 g/mol. The first kappa shape index (κ1) is 18.8. The average Bonchev–Trinajstić information content (AvgIpc) is 3.31. The molecule has 1 atom stereocenters. The van der Waals surface area contributed by atoms with Gasteiger partial charge in [0.05, 0.1) is 12.8 Å². The Bertz CT molecular complexity index is 930. The first-order chi connectivity index (χ1) is 13.6. The normalized spacial score (nSPS) is 17.2. The maximum atomic E-state index is 5.98. The predicted molar refractivity (Wildman–Crippen MR) is 113 cm³/mol. The molecular formula is C24H28N2O2. The van der Waals surface area contributed by atoms with Crippen molar-refractivity contribution < 1.29 is 9.15 Å². The molecule has 2 heterocycles. The molecule has 0 aliphatic carbocycles. The van der Waals surface area contributed by atoms with Crippen molar-refractivity contribution in [2.24, 2.45) is 0 Å². The van der Waals surface area contributed by atoms with Gasteiger partial charge in [-0.15, -0.1) is 0 Å². The third-order valence-electron chi connectivity index (χ3n) is 5.75. The van der Waals surface area contributed by atoms with E-state index in [1.54, 1.807) is 7.11 Å². The van der Waals surface area contributed by atoms with Crippen LogP contribution in [0.15, 0.2) is 52.9 Å². The second kappa shape index (κ2) is 8.19. The zero-order chi connectivity index (χ0) is 19.5. The summed E-state index contributed by atoms with van der Waals surface area (Å²) >= 11 is 0. The molecule has 3 aromatic rings. The van der Waals surface area contributed by atoms with Gasteiger partial charge in [0, 0.05) is 24.6 Å². The zero-order valence-electron chi connectivity index (χ0n) is 16.9. The minimum Gasteiger partial charge on any atom is -0.497 e. The molecule has 0 saturated carbocycles. The molecule has 0 N–H and O–H groups in total. The van der Waals surface area contributed by atoms with Gasteiger partial charge in [-0.25, -0.2) is 4.98 Å². The number of hydrogen-bond donors (Lipinski definition) is 0. The fraction of sp³-hybridized carbons (Fsp3) is 0.375. The van der Waals surface area contributed by atoms with Crippen LogP contribution >= 0.6 is 0 Å². The summed E-state index contributed by atoms with van der Waals surface area (Å²) in [5.41, 5.74) is 4.37. The molecule has 0 amide bonds. The monoisotopic (exact) mass is 376 g/mol. The predicted octanol–water partition coefficient (Wildman–Crippen LogP) is 5.35. The van der Waals surface area contributed by atoms with E-state index in [4.69, 9.17) is 14.1 Å². The third-order valence-corrected chi connectivity index (χ3v) is 5.75. The van der Waals surface area contributed by atoms with Gasteiger partial charge < -0.3 is 14.1 Å². The Balaban J connectivity index is 1.48. The van der Waals surface area contributed by atoms with Gasteiger partial charge in [0.25, 0.3) is 0 Å². The van der Waals surface area contributed by atoms with E-state index in [9.17, 15) is 0 Å². The van der Waals surface area contributed by atoms with E-state index in [1.807, 2.05) is 25.1 Å². The molecule has 28 heavy (non-hydrogen) atoms. The lowest BCUT2D eigenvalue weighted by molar-refractivity contribution is 0.271. The van der Waals surface area contributed by atoms with Gasteiger partial charge in [-0.1, -0.05) is 24.3 Å². The molecule has 2 aromatic carbocycles. The molecule has 0 bridgehead atoms. The van der Waals surface area contributed by atoms with E-state index in [-0.39, 0.29) is 0 Å². The highest BCUT2D eigenvalue weighted by atomic mass is 16.5. The van der Waals surface area contributed by atoms with Gasteiger partial charge in [-0.05, 0) is 68.6 Å². The molecule has 1 fully saturated rings. The number of oxazole rings is 1. The van der Waals surface area contributed by atoms with Gasteiger partial charge in [0.2, 0.25) is 5.89 Å². The summed E-state index contributed by atoms with van der Waals surface area (Å²) in [6.07, 6.45) is 3.56. The Hall–Kier alpha value is -2.59. The Morgan fingerprint density at radius 1 is 1.11 bits per heavy atom. The van der Waals surface area contributed by atoms with Crippen molar-refractivity contribution in [1.82, 2.24) is 9.88 Å². The SMILES string of the molecule is COc1cccc(-c2ccc(-c3nc(CCN4CCC[C@H]4C)c(C)o3)cc2)c1. The van der Waals surface area contributed by atoms with Gasteiger partial charge >= 0.3 is 0 Å². The van der Waals surface area contributed by atoms with E-state index in [1.165, 1.54) is 19.4 Å². The molecule has 0 unspecified atom stereocenters. The topological polar surface area (TPSA) is 38.5 Å². The van der Waals surface area contributed by atoms with Gasteiger partial charge in [-0.2, -0.15) is 0 Å². The molecule has 0 radical (unpaired) electrons. The molecule has 1 aliphatic heterocycles. The van der Waals surface area contributed by atoms with Crippen molar-refractivity contribution in [1.29, 1.82) is 0 Å². The number of benzene rings is 2. The van der Waals surface area contributed by atoms with Crippen LogP contribution in [0.5, 0.6) is 5.75 Å². The first-order valence-corrected chi connectivity index (χ1v) is 10.1. The van der Waals surface area contributed by atoms with E-state index in [0.29, 0.717) is 11.9 Å². The largest absolute Gasteiger partial charge is 0.497 e. The Kier molecular flexibility index (Phi) is 5.49. The second-order valence-corrected chi connectivity index (χ2v) is 7.61. The van der Waals surface area contributed by atoms with Crippen LogP contribution in [0.2, 0.25) is 0 Å². The van der Waals surface area contributed by atoms with E-state index < -0.39 is 0 Å². The highest BCUT2D eigenvalue weighted by Crippen LogP contribution is 2.28. The molecule has 4 rings (SSSR count). The Morgan fingerprint density at radius 2 is 1.89 bits per heavy atom. The molecule has 4 nitrogen and oxygen atoms in total. The molecule has 4 heteroatoms. The molecule has 146 valence electrons.